The molecule has 3 nitrogen and oxygen atoms in total. The van der Waals surface area contributed by atoms with Crippen LogP contribution in [0.15, 0.2) is 0 Å². The Kier molecular flexibility index (Phi) is 6.31. The van der Waals surface area contributed by atoms with E-state index < -0.39 is 0 Å². The molecular weight excluding hydrogens is 250 g/mol. The van der Waals surface area contributed by atoms with Gasteiger partial charge in [-0.05, 0) is 57.9 Å². The summed E-state index contributed by atoms with van der Waals surface area (Å²) in [6.45, 7) is 6.42. The van der Waals surface area contributed by atoms with Crippen LogP contribution in [0.5, 0.6) is 0 Å². The van der Waals surface area contributed by atoms with Crippen LogP contribution in [-0.4, -0.2) is 38.0 Å². The largest absolute Gasteiger partial charge is 0.382 e. The molecule has 0 bridgehead atoms. The molecule has 1 heterocycles. The standard InChI is InChI=1S/C17H33NO2/c1-4-18-16(8-7-14(2)19-3)15-9-12-20-17(13-15)10-5-6-11-17/h14-16,18H,4-13H2,1-3H3. The molecule has 1 aliphatic heterocycles. The van der Waals surface area contributed by atoms with Gasteiger partial charge in [-0.3, -0.25) is 0 Å². The van der Waals surface area contributed by atoms with Crippen molar-refractivity contribution in [2.24, 2.45) is 5.92 Å². The van der Waals surface area contributed by atoms with Gasteiger partial charge >= 0.3 is 0 Å². The minimum absolute atomic E-state index is 0.240. The molecule has 2 aliphatic rings. The number of hydrogen-bond acceptors (Lipinski definition) is 3. The molecule has 3 atom stereocenters. The lowest BCUT2D eigenvalue weighted by molar-refractivity contribution is -0.0986. The number of nitrogens with one attached hydrogen (secondary N) is 1. The van der Waals surface area contributed by atoms with Crippen LogP contribution in [0.4, 0.5) is 0 Å². The molecule has 3 heteroatoms. The average molecular weight is 283 g/mol. The fourth-order valence-electron chi connectivity index (χ4n) is 4.08. The van der Waals surface area contributed by atoms with Gasteiger partial charge in [-0.1, -0.05) is 19.8 Å². The van der Waals surface area contributed by atoms with Crippen LogP contribution in [0.25, 0.3) is 0 Å². The Morgan fingerprint density at radius 2 is 2.05 bits per heavy atom. The molecule has 0 radical (unpaired) electrons. The van der Waals surface area contributed by atoms with E-state index in [1.54, 1.807) is 0 Å². The van der Waals surface area contributed by atoms with Crippen molar-refractivity contribution in [1.82, 2.24) is 5.32 Å². The molecule has 118 valence electrons. The maximum absolute atomic E-state index is 6.18. The molecule has 0 aromatic rings. The Bertz CT molecular complexity index is 276. The molecule has 1 N–H and O–H groups in total. The summed E-state index contributed by atoms with van der Waals surface area (Å²) in [4.78, 5) is 0. The molecular formula is C17H33NO2. The SMILES string of the molecule is CCNC(CCC(C)OC)C1CCOC2(CCCC2)C1. The van der Waals surface area contributed by atoms with Gasteiger partial charge in [0, 0.05) is 19.8 Å². The van der Waals surface area contributed by atoms with Gasteiger partial charge in [0.25, 0.3) is 0 Å². The summed E-state index contributed by atoms with van der Waals surface area (Å²) in [5.74, 6) is 0.783. The van der Waals surface area contributed by atoms with Crippen molar-refractivity contribution in [3.05, 3.63) is 0 Å². The highest BCUT2D eigenvalue weighted by Crippen LogP contribution is 2.43. The fraction of sp³-hybridized carbons (Fsp3) is 1.00. The highest BCUT2D eigenvalue weighted by atomic mass is 16.5. The average Bonchev–Trinajstić information content (AvgIpc) is 2.90. The Morgan fingerprint density at radius 3 is 2.70 bits per heavy atom. The number of hydrogen-bond donors (Lipinski definition) is 1. The highest BCUT2D eigenvalue weighted by molar-refractivity contribution is 4.94. The zero-order valence-electron chi connectivity index (χ0n) is 13.6. The third kappa shape index (κ3) is 4.19. The first kappa shape index (κ1) is 16.3. The second kappa shape index (κ2) is 7.77. The summed E-state index contributed by atoms with van der Waals surface area (Å²) in [5, 5.41) is 3.73. The van der Waals surface area contributed by atoms with Gasteiger partial charge in [0.05, 0.1) is 11.7 Å². The first-order valence-corrected chi connectivity index (χ1v) is 8.59. The molecule has 3 unspecified atom stereocenters. The Morgan fingerprint density at radius 1 is 1.30 bits per heavy atom. The van der Waals surface area contributed by atoms with Crippen molar-refractivity contribution in [3.8, 4) is 0 Å². The minimum Gasteiger partial charge on any atom is -0.382 e. The maximum atomic E-state index is 6.18. The van der Waals surface area contributed by atoms with Crippen LogP contribution in [-0.2, 0) is 9.47 Å². The molecule has 1 saturated carbocycles. The van der Waals surface area contributed by atoms with E-state index in [0.29, 0.717) is 12.1 Å². The van der Waals surface area contributed by atoms with Gasteiger partial charge in [-0.2, -0.15) is 0 Å². The smallest absolute Gasteiger partial charge is 0.0685 e. The number of methoxy groups -OCH3 is 1. The van der Waals surface area contributed by atoms with Crippen LogP contribution in [0.3, 0.4) is 0 Å². The summed E-state index contributed by atoms with van der Waals surface area (Å²) in [6.07, 6.45) is 10.5. The lowest BCUT2D eigenvalue weighted by atomic mass is 9.79. The van der Waals surface area contributed by atoms with Crippen molar-refractivity contribution < 1.29 is 9.47 Å². The predicted octanol–water partition coefficient (Wildman–Crippen LogP) is 3.52. The Labute approximate surface area is 124 Å². The lowest BCUT2D eigenvalue weighted by Gasteiger charge is -2.41. The topological polar surface area (TPSA) is 30.5 Å². The van der Waals surface area contributed by atoms with Crippen LogP contribution in [0.2, 0.25) is 0 Å². The third-order valence-corrected chi connectivity index (χ3v) is 5.37. The zero-order chi connectivity index (χ0) is 14.4. The zero-order valence-corrected chi connectivity index (χ0v) is 13.6. The monoisotopic (exact) mass is 283 g/mol. The summed E-state index contributed by atoms with van der Waals surface area (Å²) < 4.78 is 11.6. The van der Waals surface area contributed by atoms with Crippen molar-refractivity contribution >= 4 is 0 Å². The van der Waals surface area contributed by atoms with Gasteiger partial charge in [0.15, 0.2) is 0 Å². The molecule has 0 aromatic carbocycles. The molecule has 1 aliphatic carbocycles. The fourth-order valence-corrected chi connectivity index (χ4v) is 4.08. The van der Waals surface area contributed by atoms with E-state index in [9.17, 15) is 0 Å². The van der Waals surface area contributed by atoms with Crippen LogP contribution >= 0.6 is 0 Å². The third-order valence-electron chi connectivity index (χ3n) is 5.37. The van der Waals surface area contributed by atoms with Crippen molar-refractivity contribution in [2.75, 3.05) is 20.3 Å². The van der Waals surface area contributed by atoms with E-state index >= 15 is 0 Å². The van der Waals surface area contributed by atoms with E-state index in [0.717, 1.165) is 25.5 Å². The molecule has 2 fully saturated rings. The van der Waals surface area contributed by atoms with E-state index in [1.165, 1.54) is 44.9 Å². The van der Waals surface area contributed by atoms with Crippen molar-refractivity contribution in [2.45, 2.75) is 83.0 Å². The number of ether oxygens (including phenoxy) is 2. The molecule has 0 aromatic heterocycles. The first-order valence-electron chi connectivity index (χ1n) is 8.59. The first-order chi connectivity index (χ1) is 9.69. The number of rotatable bonds is 7. The maximum Gasteiger partial charge on any atom is 0.0685 e. The second-order valence-corrected chi connectivity index (χ2v) is 6.78. The van der Waals surface area contributed by atoms with Crippen molar-refractivity contribution in [1.29, 1.82) is 0 Å². The van der Waals surface area contributed by atoms with Crippen molar-refractivity contribution in [3.63, 3.8) is 0 Å². The highest BCUT2D eigenvalue weighted by Gasteiger charge is 2.41. The quantitative estimate of drug-likeness (QED) is 0.775. The van der Waals surface area contributed by atoms with Crippen LogP contribution in [0, 0.1) is 5.92 Å². The van der Waals surface area contributed by atoms with Gasteiger partial charge in [0.1, 0.15) is 0 Å². The predicted molar refractivity (Wildman–Crippen MR) is 83.0 cm³/mol. The second-order valence-electron chi connectivity index (χ2n) is 6.78. The molecule has 20 heavy (non-hydrogen) atoms. The lowest BCUT2D eigenvalue weighted by Crippen LogP contribution is -2.46. The van der Waals surface area contributed by atoms with Gasteiger partial charge < -0.3 is 14.8 Å². The molecule has 2 rings (SSSR count). The molecule has 1 saturated heterocycles. The Hall–Kier alpha value is -0.120. The van der Waals surface area contributed by atoms with Gasteiger partial charge in [0.2, 0.25) is 0 Å². The minimum atomic E-state index is 0.240. The van der Waals surface area contributed by atoms with E-state index in [-0.39, 0.29) is 5.60 Å². The normalized spacial score (nSPS) is 28.6. The summed E-state index contributed by atoms with van der Waals surface area (Å²) >= 11 is 0. The summed E-state index contributed by atoms with van der Waals surface area (Å²) in [5.41, 5.74) is 0.240. The molecule has 0 amide bonds. The summed E-state index contributed by atoms with van der Waals surface area (Å²) in [7, 11) is 1.81. The van der Waals surface area contributed by atoms with E-state index in [2.05, 4.69) is 19.2 Å². The van der Waals surface area contributed by atoms with Gasteiger partial charge in [-0.25, -0.2) is 0 Å². The summed E-state index contributed by atoms with van der Waals surface area (Å²) in [6, 6.07) is 0.638. The van der Waals surface area contributed by atoms with E-state index in [4.69, 9.17) is 9.47 Å². The van der Waals surface area contributed by atoms with Crippen LogP contribution in [0.1, 0.15) is 65.2 Å². The van der Waals surface area contributed by atoms with Gasteiger partial charge in [-0.15, -0.1) is 0 Å². The Balaban J connectivity index is 1.90. The van der Waals surface area contributed by atoms with Crippen LogP contribution < -0.4 is 5.32 Å². The molecule has 1 spiro atoms. The van der Waals surface area contributed by atoms with E-state index in [1.807, 2.05) is 7.11 Å².